The van der Waals surface area contributed by atoms with E-state index >= 15 is 0 Å². The van der Waals surface area contributed by atoms with E-state index in [1.807, 2.05) is 41.3 Å². The van der Waals surface area contributed by atoms with E-state index in [1.54, 1.807) is 7.11 Å². The summed E-state index contributed by atoms with van der Waals surface area (Å²) in [6.45, 7) is 8.36. The number of hydrogen-bond donors (Lipinski definition) is 0. The highest BCUT2D eigenvalue weighted by Gasteiger charge is 2.51. The topological polar surface area (TPSA) is 29.5 Å². The molecule has 0 unspecified atom stereocenters. The fourth-order valence-corrected chi connectivity index (χ4v) is 3.71. The van der Waals surface area contributed by atoms with Crippen LogP contribution >= 0.6 is 0 Å². The number of fused-ring (bicyclic) bond motifs is 1. The van der Waals surface area contributed by atoms with Crippen LogP contribution in [0.3, 0.4) is 0 Å². The van der Waals surface area contributed by atoms with E-state index in [2.05, 4.69) is 39.8 Å². The van der Waals surface area contributed by atoms with Crippen LogP contribution in [0.2, 0.25) is 0 Å². The fraction of sp³-hybridized carbons (Fsp3) is 0.350. The summed E-state index contributed by atoms with van der Waals surface area (Å²) in [4.78, 5) is 15.1. The molecule has 1 amide bonds. The van der Waals surface area contributed by atoms with E-state index in [4.69, 9.17) is 4.74 Å². The molecule has 2 aromatic carbocycles. The Labute approximate surface area is 137 Å². The van der Waals surface area contributed by atoms with Crippen molar-refractivity contribution in [3.8, 4) is 5.75 Å². The zero-order valence-corrected chi connectivity index (χ0v) is 14.4. The molecule has 1 aliphatic heterocycles. The van der Waals surface area contributed by atoms with Crippen molar-refractivity contribution in [2.45, 2.75) is 38.8 Å². The van der Waals surface area contributed by atoms with E-state index < -0.39 is 5.54 Å². The number of amides is 1. The van der Waals surface area contributed by atoms with Crippen molar-refractivity contribution in [3.05, 3.63) is 65.2 Å². The Bertz CT molecular complexity index is 746. The van der Waals surface area contributed by atoms with Gasteiger partial charge in [0, 0.05) is 11.1 Å². The van der Waals surface area contributed by atoms with Crippen LogP contribution in [-0.2, 0) is 5.54 Å². The van der Waals surface area contributed by atoms with Gasteiger partial charge in [-0.05, 0) is 57.0 Å². The fourth-order valence-electron chi connectivity index (χ4n) is 3.71. The second kappa shape index (κ2) is 5.12. The third-order valence-corrected chi connectivity index (χ3v) is 4.64. The Balaban J connectivity index is 2.31. The molecule has 3 rings (SSSR count). The van der Waals surface area contributed by atoms with Gasteiger partial charge in [-0.15, -0.1) is 0 Å². The van der Waals surface area contributed by atoms with E-state index in [0.29, 0.717) is 0 Å². The number of carbonyl (C=O) groups is 1. The first-order chi connectivity index (χ1) is 10.8. The summed E-state index contributed by atoms with van der Waals surface area (Å²) in [5.74, 6) is 0.843. The SMILES string of the molecule is COc1ccc2c(c1)[C@](C)(c1ccccc1)N(C(C)(C)C)C2=O. The van der Waals surface area contributed by atoms with Crippen molar-refractivity contribution in [2.75, 3.05) is 7.11 Å². The molecule has 2 aromatic rings. The third-order valence-electron chi connectivity index (χ3n) is 4.64. The minimum absolute atomic E-state index is 0.0708. The minimum Gasteiger partial charge on any atom is -0.497 e. The number of ether oxygens (including phenoxy) is 1. The van der Waals surface area contributed by atoms with Crippen molar-refractivity contribution in [1.82, 2.24) is 4.90 Å². The molecule has 0 fully saturated rings. The molecular formula is C20H23NO2. The maximum Gasteiger partial charge on any atom is 0.255 e. The summed E-state index contributed by atoms with van der Waals surface area (Å²) in [6, 6.07) is 15.9. The molecule has 3 heteroatoms. The third kappa shape index (κ3) is 2.23. The summed E-state index contributed by atoms with van der Waals surface area (Å²) in [5, 5.41) is 0. The molecule has 0 spiro atoms. The van der Waals surface area contributed by atoms with Crippen LogP contribution in [0.1, 0.15) is 49.2 Å². The Morgan fingerprint density at radius 2 is 1.70 bits per heavy atom. The molecule has 0 saturated heterocycles. The van der Waals surface area contributed by atoms with E-state index in [1.165, 1.54) is 0 Å². The molecule has 3 nitrogen and oxygen atoms in total. The molecule has 1 atom stereocenters. The van der Waals surface area contributed by atoms with Gasteiger partial charge in [-0.1, -0.05) is 30.3 Å². The van der Waals surface area contributed by atoms with E-state index in [0.717, 1.165) is 22.4 Å². The number of carbonyl (C=O) groups excluding carboxylic acids is 1. The molecule has 0 bridgehead atoms. The Morgan fingerprint density at radius 3 is 2.26 bits per heavy atom. The Kier molecular flexibility index (Phi) is 3.47. The maximum absolute atomic E-state index is 13.1. The smallest absolute Gasteiger partial charge is 0.255 e. The summed E-state index contributed by atoms with van der Waals surface area (Å²) in [5.41, 5.74) is 2.05. The average molecular weight is 309 g/mol. The van der Waals surface area contributed by atoms with Gasteiger partial charge in [0.15, 0.2) is 0 Å². The van der Waals surface area contributed by atoms with Gasteiger partial charge in [-0.3, -0.25) is 4.79 Å². The lowest BCUT2D eigenvalue weighted by atomic mass is 9.82. The molecular weight excluding hydrogens is 286 g/mol. The van der Waals surface area contributed by atoms with Gasteiger partial charge >= 0.3 is 0 Å². The predicted octanol–water partition coefficient (Wildman–Crippen LogP) is 4.21. The minimum atomic E-state index is -0.513. The van der Waals surface area contributed by atoms with Crippen LogP contribution in [-0.4, -0.2) is 23.5 Å². The second-order valence-corrected chi connectivity index (χ2v) is 7.16. The summed E-state index contributed by atoms with van der Waals surface area (Å²) >= 11 is 0. The Morgan fingerprint density at radius 1 is 1.04 bits per heavy atom. The van der Waals surface area contributed by atoms with Crippen LogP contribution in [0.15, 0.2) is 48.5 Å². The van der Waals surface area contributed by atoms with Crippen LogP contribution in [0.25, 0.3) is 0 Å². The van der Waals surface area contributed by atoms with Gasteiger partial charge in [0.25, 0.3) is 5.91 Å². The molecule has 0 aliphatic carbocycles. The van der Waals surface area contributed by atoms with Crippen LogP contribution < -0.4 is 4.74 Å². The second-order valence-electron chi connectivity index (χ2n) is 7.16. The lowest BCUT2D eigenvalue weighted by Crippen LogP contribution is -2.52. The highest BCUT2D eigenvalue weighted by Crippen LogP contribution is 2.48. The van der Waals surface area contributed by atoms with Crippen molar-refractivity contribution in [3.63, 3.8) is 0 Å². The first-order valence-corrected chi connectivity index (χ1v) is 7.89. The first kappa shape index (κ1) is 15.6. The number of hydrogen-bond acceptors (Lipinski definition) is 2. The van der Waals surface area contributed by atoms with Crippen LogP contribution in [0.4, 0.5) is 0 Å². The van der Waals surface area contributed by atoms with Crippen molar-refractivity contribution < 1.29 is 9.53 Å². The molecule has 0 N–H and O–H groups in total. The first-order valence-electron chi connectivity index (χ1n) is 7.89. The molecule has 0 aromatic heterocycles. The highest BCUT2D eigenvalue weighted by atomic mass is 16.5. The summed E-state index contributed by atoms with van der Waals surface area (Å²) in [7, 11) is 1.65. The van der Waals surface area contributed by atoms with Crippen molar-refractivity contribution in [2.24, 2.45) is 0 Å². The zero-order chi connectivity index (χ0) is 16.8. The lowest BCUT2D eigenvalue weighted by Gasteiger charge is -2.45. The van der Waals surface area contributed by atoms with Crippen LogP contribution in [0, 0.1) is 0 Å². The van der Waals surface area contributed by atoms with E-state index in [9.17, 15) is 4.79 Å². The number of nitrogens with zero attached hydrogens (tertiary/aromatic N) is 1. The monoisotopic (exact) mass is 309 g/mol. The van der Waals surface area contributed by atoms with Crippen molar-refractivity contribution in [1.29, 1.82) is 0 Å². The highest BCUT2D eigenvalue weighted by molar-refractivity contribution is 6.01. The number of methoxy groups -OCH3 is 1. The standard InChI is InChI=1S/C20H23NO2/c1-19(2,3)21-18(22)16-12-11-15(23-5)13-17(16)20(21,4)14-9-7-6-8-10-14/h6-13H,1-5H3/t20-/m0/s1. The normalized spacial score (nSPS) is 20.6. The largest absolute Gasteiger partial charge is 0.497 e. The predicted molar refractivity (Wildman–Crippen MR) is 91.8 cm³/mol. The molecule has 1 aliphatic rings. The quantitative estimate of drug-likeness (QED) is 0.831. The van der Waals surface area contributed by atoms with Gasteiger partial charge in [-0.2, -0.15) is 0 Å². The summed E-state index contributed by atoms with van der Waals surface area (Å²) in [6.07, 6.45) is 0. The van der Waals surface area contributed by atoms with Gasteiger partial charge < -0.3 is 9.64 Å². The van der Waals surface area contributed by atoms with Gasteiger partial charge in [0.2, 0.25) is 0 Å². The molecule has 1 heterocycles. The average Bonchev–Trinajstić information content (AvgIpc) is 2.76. The maximum atomic E-state index is 13.1. The molecule has 120 valence electrons. The molecule has 0 saturated carbocycles. The summed E-state index contributed by atoms with van der Waals surface area (Å²) < 4.78 is 5.39. The van der Waals surface area contributed by atoms with Crippen molar-refractivity contribution >= 4 is 5.91 Å². The zero-order valence-electron chi connectivity index (χ0n) is 14.4. The molecule has 23 heavy (non-hydrogen) atoms. The lowest BCUT2D eigenvalue weighted by molar-refractivity contribution is 0.0358. The Hall–Kier alpha value is -2.29. The number of benzene rings is 2. The molecule has 0 radical (unpaired) electrons. The number of rotatable bonds is 2. The van der Waals surface area contributed by atoms with Gasteiger partial charge in [-0.25, -0.2) is 0 Å². The van der Waals surface area contributed by atoms with Crippen LogP contribution in [0.5, 0.6) is 5.75 Å². The van der Waals surface area contributed by atoms with E-state index in [-0.39, 0.29) is 11.4 Å². The van der Waals surface area contributed by atoms with Gasteiger partial charge in [0.1, 0.15) is 5.75 Å². The van der Waals surface area contributed by atoms with Gasteiger partial charge in [0.05, 0.1) is 12.6 Å².